The first-order chi connectivity index (χ1) is 11.7. The Balaban J connectivity index is 2.04. The zero-order valence-electron chi connectivity index (χ0n) is 15.5. The predicted molar refractivity (Wildman–Crippen MR) is 91.8 cm³/mol. The summed E-state index contributed by atoms with van der Waals surface area (Å²) in [6.45, 7) is 5.54. The minimum Gasteiger partial charge on any atom is -0.469 e. The van der Waals surface area contributed by atoms with Crippen LogP contribution in [0.25, 0.3) is 10.4 Å². The van der Waals surface area contributed by atoms with Crippen molar-refractivity contribution in [2.45, 2.75) is 83.0 Å². The molecule has 0 aromatic heterocycles. The Kier molecular flexibility index (Phi) is 6.16. The minimum atomic E-state index is -0.566. The topological polar surface area (TPSA) is 105 Å². The van der Waals surface area contributed by atoms with Crippen LogP contribution in [0.2, 0.25) is 0 Å². The Labute approximate surface area is 148 Å². The first-order valence-electron chi connectivity index (χ1n) is 8.88. The van der Waals surface area contributed by atoms with Gasteiger partial charge in [-0.05, 0) is 64.8 Å². The van der Waals surface area contributed by atoms with Crippen LogP contribution in [-0.2, 0) is 14.3 Å². The lowest BCUT2D eigenvalue weighted by Crippen LogP contribution is -2.56. The summed E-state index contributed by atoms with van der Waals surface area (Å²) in [6, 6.07) is 0.0644. The van der Waals surface area contributed by atoms with Crippen molar-refractivity contribution in [2.24, 2.45) is 11.0 Å². The third kappa shape index (κ3) is 5.01. The fourth-order valence-corrected chi connectivity index (χ4v) is 3.61. The van der Waals surface area contributed by atoms with Crippen molar-refractivity contribution >= 4 is 12.1 Å². The van der Waals surface area contributed by atoms with Crippen LogP contribution in [0.3, 0.4) is 0 Å². The molecule has 0 spiro atoms. The Morgan fingerprint density at radius 1 is 1.12 bits per heavy atom. The molecule has 0 heterocycles. The Morgan fingerprint density at radius 2 is 1.72 bits per heavy atom. The standard InChI is InChI=1S/C17H28N4O4/c1-17(2,3)25-16(23)21(14-9-11(10-14)15(22)24-4)13-7-5-12(6-8-13)19-20-18/h11-14H,5-10H2,1-4H3/t11?,12-,13-,14?. The number of hydrogen-bond acceptors (Lipinski definition) is 5. The second-order valence-corrected chi connectivity index (χ2v) is 7.90. The number of esters is 1. The van der Waals surface area contributed by atoms with Gasteiger partial charge in [-0.2, -0.15) is 0 Å². The van der Waals surface area contributed by atoms with Crippen molar-refractivity contribution in [3.63, 3.8) is 0 Å². The van der Waals surface area contributed by atoms with Crippen LogP contribution < -0.4 is 0 Å². The second kappa shape index (κ2) is 7.95. The minimum absolute atomic E-state index is 0.0000296. The van der Waals surface area contributed by atoms with Gasteiger partial charge in [0.1, 0.15) is 5.60 Å². The second-order valence-electron chi connectivity index (χ2n) is 7.90. The van der Waals surface area contributed by atoms with E-state index in [1.165, 1.54) is 7.11 Å². The predicted octanol–water partition coefficient (Wildman–Crippen LogP) is 3.80. The summed E-state index contributed by atoms with van der Waals surface area (Å²) in [5.74, 6) is -0.355. The van der Waals surface area contributed by atoms with Gasteiger partial charge in [-0.1, -0.05) is 5.11 Å². The van der Waals surface area contributed by atoms with E-state index in [1.54, 1.807) is 0 Å². The molecule has 140 valence electrons. The number of carbonyl (C=O) groups is 2. The maximum atomic E-state index is 12.8. The molecule has 0 aromatic carbocycles. The highest BCUT2D eigenvalue weighted by Gasteiger charge is 2.44. The van der Waals surface area contributed by atoms with Crippen molar-refractivity contribution in [2.75, 3.05) is 7.11 Å². The van der Waals surface area contributed by atoms with E-state index >= 15 is 0 Å². The van der Waals surface area contributed by atoms with E-state index in [2.05, 4.69) is 10.0 Å². The summed E-state index contributed by atoms with van der Waals surface area (Å²) in [6.07, 6.45) is 3.99. The molecule has 2 rings (SSSR count). The molecule has 2 fully saturated rings. The monoisotopic (exact) mass is 352 g/mol. The van der Waals surface area contributed by atoms with Gasteiger partial charge in [0.05, 0.1) is 13.0 Å². The average molecular weight is 352 g/mol. The zero-order valence-corrected chi connectivity index (χ0v) is 15.5. The number of nitrogens with zero attached hydrogens (tertiary/aromatic N) is 4. The van der Waals surface area contributed by atoms with E-state index in [-0.39, 0.29) is 36.1 Å². The molecule has 0 radical (unpaired) electrons. The molecule has 2 saturated carbocycles. The highest BCUT2D eigenvalue weighted by molar-refractivity contribution is 5.75. The molecule has 8 nitrogen and oxygen atoms in total. The molecule has 0 unspecified atom stereocenters. The van der Waals surface area contributed by atoms with Gasteiger partial charge < -0.3 is 14.4 Å². The zero-order chi connectivity index (χ0) is 18.6. The SMILES string of the molecule is COC(=O)C1CC(N(C(=O)OC(C)(C)C)[C@H]2CC[C@H](N=[N+]=[N-])CC2)C1. The molecule has 8 heteroatoms. The van der Waals surface area contributed by atoms with Crippen LogP contribution in [0.15, 0.2) is 5.11 Å². The maximum Gasteiger partial charge on any atom is 0.410 e. The largest absolute Gasteiger partial charge is 0.469 e. The van der Waals surface area contributed by atoms with E-state index in [1.807, 2.05) is 25.7 Å². The molecule has 0 bridgehead atoms. The number of rotatable bonds is 4. The third-order valence-electron chi connectivity index (χ3n) is 4.92. The summed E-state index contributed by atoms with van der Waals surface area (Å²) in [7, 11) is 1.39. The van der Waals surface area contributed by atoms with Gasteiger partial charge in [-0.3, -0.25) is 4.79 Å². The van der Waals surface area contributed by atoms with Crippen molar-refractivity contribution < 1.29 is 19.1 Å². The molecule has 2 aliphatic carbocycles. The van der Waals surface area contributed by atoms with E-state index in [0.29, 0.717) is 12.8 Å². The van der Waals surface area contributed by atoms with Gasteiger partial charge in [0.25, 0.3) is 0 Å². The van der Waals surface area contributed by atoms with E-state index in [4.69, 9.17) is 15.0 Å². The number of carbonyl (C=O) groups excluding carboxylic acids is 2. The summed E-state index contributed by atoms with van der Waals surface area (Å²) >= 11 is 0. The fourth-order valence-electron chi connectivity index (χ4n) is 3.61. The van der Waals surface area contributed by atoms with Crippen molar-refractivity contribution in [3.8, 4) is 0 Å². The smallest absolute Gasteiger partial charge is 0.410 e. The van der Waals surface area contributed by atoms with E-state index < -0.39 is 5.60 Å². The third-order valence-corrected chi connectivity index (χ3v) is 4.92. The van der Waals surface area contributed by atoms with Crippen molar-refractivity contribution in [1.82, 2.24) is 4.90 Å². The molecule has 0 aromatic rings. The quantitative estimate of drug-likeness (QED) is 0.332. The van der Waals surface area contributed by atoms with Crippen molar-refractivity contribution in [1.29, 1.82) is 0 Å². The molecule has 25 heavy (non-hydrogen) atoms. The van der Waals surface area contributed by atoms with Crippen molar-refractivity contribution in [3.05, 3.63) is 10.4 Å². The fraction of sp³-hybridized carbons (Fsp3) is 0.882. The number of hydrogen-bond donors (Lipinski definition) is 0. The molecular weight excluding hydrogens is 324 g/mol. The Bertz CT molecular complexity index is 539. The first kappa shape index (κ1) is 19.4. The van der Waals surface area contributed by atoms with Crippen LogP contribution in [0.4, 0.5) is 4.79 Å². The van der Waals surface area contributed by atoms with Crippen LogP contribution in [0.5, 0.6) is 0 Å². The molecule has 0 saturated heterocycles. The van der Waals surface area contributed by atoms with Gasteiger partial charge >= 0.3 is 12.1 Å². The maximum absolute atomic E-state index is 12.8. The summed E-state index contributed by atoms with van der Waals surface area (Å²) in [5.41, 5.74) is 8.01. The van der Waals surface area contributed by atoms with Crippen LogP contribution in [0.1, 0.15) is 59.3 Å². The van der Waals surface area contributed by atoms with Gasteiger partial charge in [0.2, 0.25) is 0 Å². The molecule has 0 N–H and O–H groups in total. The Morgan fingerprint density at radius 3 is 2.20 bits per heavy atom. The molecule has 2 aliphatic rings. The van der Waals surface area contributed by atoms with E-state index in [0.717, 1.165) is 25.7 Å². The number of amides is 1. The summed E-state index contributed by atoms with van der Waals surface area (Å²) in [4.78, 5) is 29.1. The number of methoxy groups -OCH3 is 1. The molecule has 1 amide bonds. The highest BCUT2D eigenvalue weighted by atomic mass is 16.6. The number of azide groups is 1. The highest BCUT2D eigenvalue weighted by Crippen LogP contribution is 2.37. The van der Waals surface area contributed by atoms with E-state index in [9.17, 15) is 9.59 Å². The average Bonchev–Trinajstić information content (AvgIpc) is 2.49. The van der Waals surface area contributed by atoms with Gasteiger partial charge in [-0.15, -0.1) is 0 Å². The summed E-state index contributed by atoms with van der Waals surface area (Å²) < 4.78 is 10.4. The lowest BCUT2D eigenvalue weighted by Gasteiger charge is -2.46. The molecule has 0 atom stereocenters. The summed E-state index contributed by atoms with van der Waals surface area (Å²) in [5, 5.41) is 3.79. The molecular formula is C17H28N4O4. The number of ether oxygens (including phenoxy) is 2. The van der Waals surface area contributed by atoms with Gasteiger partial charge in [-0.25, -0.2) is 4.79 Å². The normalized spacial score (nSPS) is 29.0. The van der Waals surface area contributed by atoms with Crippen LogP contribution >= 0.6 is 0 Å². The Hall–Kier alpha value is -1.95. The van der Waals surface area contributed by atoms with Crippen LogP contribution in [-0.4, -0.2) is 47.8 Å². The van der Waals surface area contributed by atoms with Gasteiger partial charge in [0, 0.05) is 23.0 Å². The van der Waals surface area contributed by atoms with Crippen LogP contribution in [0, 0.1) is 5.92 Å². The molecule has 0 aliphatic heterocycles. The van der Waals surface area contributed by atoms with Gasteiger partial charge in [0.15, 0.2) is 0 Å². The lowest BCUT2D eigenvalue weighted by atomic mass is 9.77. The lowest BCUT2D eigenvalue weighted by molar-refractivity contribution is -0.151. The first-order valence-corrected chi connectivity index (χ1v) is 8.88.